The molecule has 1 unspecified atom stereocenters. The summed E-state index contributed by atoms with van der Waals surface area (Å²) in [5.74, 6) is 0.914. The van der Waals surface area contributed by atoms with Crippen molar-refractivity contribution in [2.24, 2.45) is 4.99 Å². The van der Waals surface area contributed by atoms with E-state index in [1.807, 2.05) is 24.3 Å². The Kier molecular flexibility index (Phi) is 5.43. The molecule has 1 aromatic heterocycles. The van der Waals surface area contributed by atoms with Crippen LogP contribution in [-0.2, 0) is 12.6 Å². The number of hydrogen-bond acceptors (Lipinski definition) is 5. The van der Waals surface area contributed by atoms with Crippen LogP contribution >= 0.6 is 11.3 Å². The summed E-state index contributed by atoms with van der Waals surface area (Å²) < 4.78 is 39.3. The molecule has 0 aliphatic carbocycles. The Morgan fingerprint density at radius 1 is 1.12 bits per heavy atom. The van der Waals surface area contributed by atoms with Gasteiger partial charge in [-0.3, -0.25) is 0 Å². The zero-order valence-electron chi connectivity index (χ0n) is 17.5. The molecule has 1 atom stereocenters. The van der Waals surface area contributed by atoms with Gasteiger partial charge in [0.05, 0.1) is 22.5 Å². The van der Waals surface area contributed by atoms with Crippen LogP contribution in [0.4, 0.5) is 29.5 Å². The summed E-state index contributed by atoms with van der Waals surface area (Å²) in [6, 6.07) is 15.8. The van der Waals surface area contributed by atoms with Crippen LogP contribution in [0.3, 0.4) is 0 Å². The van der Waals surface area contributed by atoms with Crippen LogP contribution in [0.2, 0.25) is 0 Å². The van der Waals surface area contributed by atoms with Gasteiger partial charge in [-0.1, -0.05) is 30.3 Å². The lowest BCUT2D eigenvalue weighted by molar-refractivity contribution is -0.137. The first-order valence-corrected chi connectivity index (χ1v) is 11.4. The number of anilines is 2. The van der Waals surface area contributed by atoms with Crippen LogP contribution in [0.1, 0.15) is 21.6 Å². The quantitative estimate of drug-likeness (QED) is 0.518. The van der Waals surface area contributed by atoms with Gasteiger partial charge >= 0.3 is 6.18 Å². The van der Waals surface area contributed by atoms with Gasteiger partial charge < -0.3 is 15.5 Å². The van der Waals surface area contributed by atoms with E-state index in [2.05, 4.69) is 28.5 Å². The highest BCUT2D eigenvalue weighted by Crippen LogP contribution is 2.39. The number of nitrogens with one attached hydrogen (secondary N) is 2. The molecular formula is C24H23F3N4S. The second kappa shape index (κ2) is 8.26. The Hall–Kier alpha value is -2.84. The number of aliphatic imine (C=N–C) groups is 1. The first-order valence-electron chi connectivity index (χ1n) is 10.6. The fraction of sp³-hybridized carbons (Fsp3) is 0.292. The monoisotopic (exact) mass is 456 g/mol. The van der Waals surface area contributed by atoms with E-state index in [-0.39, 0.29) is 6.04 Å². The fourth-order valence-corrected chi connectivity index (χ4v) is 5.22. The number of benzene rings is 2. The van der Waals surface area contributed by atoms with Crippen molar-refractivity contribution < 1.29 is 13.2 Å². The lowest BCUT2D eigenvalue weighted by atomic mass is 10.0. The SMILES string of the molecule is Cc1cc2c(s1)Nc1ccccc1N=C2N1CCNC(Cc2cccc(C(F)(F)F)c2)C1. The molecule has 32 heavy (non-hydrogen) atoms. The van der Waals surface area contributed by atoms with Crippen LogP contribution in [0, 0.1) is 6.92 Å². The van der Waals surface area contributed by atoms with E-state index in [1.165, 1.54) is 17.0 Å². The van der Waals surface area contributed by atoms with E-state index >= 15 is 0 Å². The van der Waals surface area contributed by atoms with Gasteiger partial charge in [0, 0.05) is 30.6 Å². The number of hydrogen-bond donors (Lipinski definition) is 2. The average Bonchev–Trinajstić information content (AvgIpc) is 3.05. The van der Waals surface area contributed by atoms with Crippen LogP contribution in [-0.4, -0.2) is 36.4 Å². The van der Waals surface area contributed by atoms with E-state index in [0.717, 1.165) is 46.9 Å². The number of para-hydroxylation sites is 2. The molecule has 4 nitrogen and oxygen atoms in total. The average molecular weight is 457 g/mol. The summed E-state index contributed by atoms with van der Waals surface area (Å²) in [5.41, 5.74) is 3.01. The number of halogens is 3. The number of piperazine rings is 1. The molecule has 2 aliphatic rings. The molecule has 0 bridgehead atoms. The van der Waals surface area contributed by atoms with Crippen LogP contribution in [0.5, 0.6) is 0 Å². The van der Waals surface area contributed by atoms with Crippen LogP contribution in [0.25, 0.3) is 0 Å². The Labute approximate surface area is 188 Å². The normalized spacial score (nSPS) is 18.3. The van der Waals surface area contributed by atoms with Gasteiger partial charge in [-0.05, 0) is 43.2 Å². The van der Waals surface area contributed by atoms with E-state index < -0.39 is 11.7 Å². The highest BCUT2D eigenvalue weighted by Gasteiger charge is 2.31. The highest BCUT2D eigenvalue weighted by molar-refractivity contribution is 7.16. The number of rotatable bonds is 2. The molecule has 8 heteroatoms. The maximum atomic E-state index is 13.1. The number of nitrogens with zero attached hydrogens (tertiary/aromatic N) is 2. The number of alkyl halides is 3. The van der Waals surface area contributed by atoms with Crippen molar-refractivity contribution in [3.05, 3.63) is 76.2 Å². The molecule has 1 fully saturated rings. The first-order chi connectivity index (χ1) is 15.4. The Bertz CT molecular complexity index is 1170. The van der Waals surface area contributed by atoms with E-state index in [9.17, 15) is 13.2 Å². The molecule has 0 amide bonds. The minimum absolute atomic E-state index is 0.0320. The summed E-state index contributed by atoms with van der Waals surface area (Å²) in [7, 11) is 0. The molecule has 2 aliphatic heterocycles. The standard InChI is InChI=1S/C24H23F3N4S/c1-15-11-19-22(29-20-7-2-3-8-21(20)30-23(19)32-15)31-10-9-28-18(14-31)13-16-5-4-6-17(12-16)24(25,26)27/h2-8,11-12,18,28,30H,9-10,13-14H2,1H3. The van der Waals surface area contributed by atoms with Gasteiger partial charge in [-0.2, -0.15) is 13.2 Å². The van der Waals surface area contributed by atoms with E-state index in [1.54, 1.807) is 17.4 Å². The Morgan fingerprint density at radius 2 is 1.97 bits per heavy atom. The number of amidine groups is 1. The van der Waals surface area contributed by atoms with Crippen LogP contribution in [0.15, 0.2) is 59.6 Å². The van der Waals surface area contributed by atoms with Gasteiger partial charge in [0.1, 0.15) is 10.8 Å². The number of fused-ring (bicyclic) bond motifs is 2. The minimum atomic E-state index is -4.33. The van der Waals surface area contributed by atoms with E-state index in [4.69, 9.17) is 4.99 Å². The molecule has 166 valence electrons. The fourth-order valence-electron chi connectivity index (χ4n) is 4.30. The molecule has 0 saturated carbocycles. The van der Waals surface area contributed by atoms with Gasteiger partial charge in [0.15, 0.2) is 0 Å². The second-order valence-corrected chi connectivity index (χ2v) is 9.43. The zero-order valence-corrected chi connectivity index (χ0v) is 18.4. The van der Waals surface area contributed by atoms with Crippen molar-refractivity contribution in [2.45, 2.75) is 25.6 Å². The predicted octanol–water partition coefficient (Wildman–Crippen LogP) is 5.73. The van der Waals surface area contributed by atoms with Crippen molar-refractivity contribution in [1.29, 1.82) is 0 Å². The third-order valence-electron chi connectivity index (χ3n) is 5.77. The van der Waals surface area contributed by atoms with Gasteiger partial charge in [0.2, 0.25) is 0 Å². The first kappa shape index (κ1) is 21.0. The predicted molar refractivity (Wildman–Crippen MR) is 123 cm³/mol. The molecule has 1 saturated heterocycles. The maximum absolute atomic E-state index is 13.1. The van der Waals surface area contributed by atoms with Crippen molar-refractivity contribution in [3.63, 3.8) is 0 Å². The van der Waals surface area contributed by atoms with Crippen molar-refractivity contribution >= 4 is 33.5 Å². The molecular weight excluding hydrogens is 433 g/mol. The zero-order chi connectivity index (χ0) is 22.3. The van der Waals surface area contributed by atoms with Crippen molar-refractivity contribution in [3.8, 4) is 0 Å². The molecule has 3 heterocycles. The van der Waals surface area contributed by atoms with Crippen LogP contribution < -0.4 is 10.6 Å². The van der Waals surface area contributed by atoms with Crippen molar-refractivity contribution in [2.75, 3.05) is 25.0 Å². The molecule has 0 radical (unpaired) electrons. The molecule has 0 spiro atoms. The molecule has 2 N–H and O–H groups in total. The molecule has 2 aromatic carbocycles. The smallest absolute Gasteiger partial charge is 0.353 e. The van der Waals surface area contributed by atoms with Gasteiger partial charge in [-0.15, -0.1) is 11.3 Å². The van der Waals surface area contributed by atoms with Crippen molar-refractivity contribution in [1.82, 2.24) is 10.2 Å². The highest BCUT2D eigenvalue weighted by atomic mass is 32.1. The number of aryl methyl sites for hydroxylation is 1. The number of thiophene rings is 1. The third-order valence-corrected chi connectivity index (χ3v) is 6.73. The Balaban J connectivity index is 1.42. The summed E-state index contributed by atoms with van der Waals surface area (Å²) in [4.78, 5) is 8.47. The summed E-state index contributed by atoms with van der Waals surface area (Å²) >= 11 is 1.70. The van der Waals surface area contributed by atoms with E-state index in [0.29, 0.717) is 18.5 Å². The van der Waals surface area contributed by atoms with Gasteiger partial charge in [-0.25, -0.2) is 4.99 Å². The maximum Gasteiger partial charge on any atom is 0.416 e. The largest absolute Gasteiger partial charge is 0.416 e. The van der Waals surface area contributed by atoms with Gasteiger partial charge in [0.25, 0.3) is 0 Å². The third kappa shape index (κ3) is 4.25. The molecule has 3 aromatic rings. The topological polar surface area (TPSA) is 39.7 Å². The summed E-state index contributed by atoms with van der Waals surface area (Å²) in [6.07, 6.45) is -3.80. The molecule has 5 rings (SSSR count). The summed E-state index contributed by atoms with van der Waals surface area (Å²) in [6.45, 7) is 4.29. The minimum Gasteiger partial charge on any atom is -0.353 e. The Morgan fingerprint density at radius 3 is 2.81 bits per heavy atom. The lowest BCUT2D eigenvalue weighted by Crippen LogP contribution is -2.53. The second-order valence-electron chi connectivity index (χ2n) is 8.18. The summed E-state index contributed by atoms with van der Waals surface area (Å²) in [5, 5.41) is 8.06. The lowest BCUT2D eigenvalue weighted by Gasteiger charge is -2.36.